The zero-order valence-electron chi connectivity index (χ0n) is 22.9. The van der Waals surface area contributed by atoms with Crippen molar-refractivity contribution >= 4 is 40.7 Å². The Labute approximate surface area is 248 Å². The van der Waals surface area contributed by atoms with Crippen LogP contribution < -0.4 is 14.4 Å². The van der Waals surface area contributed by atoms with E-state index in [4.69, 9.17) is 21.1 Å². The summed E-state index contributed by atoms with van der Waals surface area (Å²) in [6.07, 6.45) is 3.84. The third-order valence-electron chi connectivity index (χ3n) is 8.88. The highest BCUT2D eigenvalue weighted by molar-refractivity contribution is 6.32. The molecule has 4 aromatic rings. The zero-order chi connectivity index (χ0) is 29.2. The molecule has 1 aliphatic carbocycles. The summed E-state index contributed by atoms with van der Waals surface area (Å²) in [5, 5.41) is 0.501. The molecule has 208 valence electrons. The first-order valence-corrected chi connectivity index (χ1v) is 14.1. The number of fused-ring (bicyclic) bond motifs is 5. The molecule has 3 atom stereocenters. The van der Waals surface area contributed by atoms with Crippen molar-refractivity contribution in [3.8, 4) is 11.5 Å². The van der Waals surface area contributed by atoms with Gasteiger partial charge in [0.1, 0.15) is 11.5 Å². The van der Waals surface area contributed by atoms with Crippen molar-refractivity contribution in [1.29, 1.82) is 0 Å². The number of methoxy groups -OCH3 is 2. The van der Waals surface area contributed by atoms with Crippen LogP contribution in [0.5, 0.6) is 11.5 Å². The Kier molecular flexibility index (Phi) is 6.06. The maximum atomic E-state index is 14.8. The summed E-state index contributed by atoms with van der Waals surface area (Å²) in [7, 11) is 3.06. The van der Waals surface area contributed by atoms with Gasteiger partial charge in [0.2, 0.25) is 0 Å². The van der Waals surface area contributed by atoms with E-state index in [0.29, 0.717) is 38.8 Å². The first kappa shape index (κ1) is 26.2. The van der Waals surface area contributed by atoms with Gasteiger partial charge in [-0.05, 0) is 42.0 Å². The number of carbonyl (C=O) groups is 3. The maximum absolute atomic E-state index is 14.8. The highest BCUT2D eigenvalue weighted by Crippen LogP contribution is 2.62. The molecule has 4 aromatic carbocycles. The summed E-state index contributed by atoms with van der Waals surface area (Å²) >= 11 is 6.19. The van der Waals surface area contributed by atoms with Gasteiger partial charge in [0, 0.05) is 38.9 Å². The van der Waals surface area contributed by atoms with Crippen LogP contribution in [-0.2, 0) is 0 Å². The molecule has 0 saturated carbocycles. The van der Waals surface area contributed by atoms with Crippen LogP contribution in [-0.4, -0.2) is 43.7 Å². The lowest BCUT2D eigenvalue weighted by atomic mass is 9.64. The predicted octanol–water partition coefficient (Wildman–Crippen LogP) is 6.67. The molecule has 1 saturated heterocycles. The number of para-hydroxylation sites is 2. The minimum Gasteiger partial charge on any atom is -0.493 e. The van der Waals surface area contributed by atoms with E-state index in [1.54, 1.807) is 60.7 Å². The fraction of sp³-hybridized carbons (Fsp3) is 0.171. The molecule has 3 aliphatic rings. The van der Waals surface area contributed by atoms with Gasteiger partial charge in [-0.15, -0.1) is 0 Å². The second-order valence-corrected chi connectivity index (χ2v) is 11.2. The molecule has 2 heterocycles. The van der Waals surface area contributed by atoms with E-state index in [2.05, 4.69) is 0 Å². The topological polar surface area (TPSA) is 72.9 Å². The molecule has 0 N–H and O–H groups in total. The molecule has 0 amide bonds. The molecule has 0 bridgehead atoms. The first-order valence-electron chi connectivity index (χ1n) is 13.7. The van der Waals surface area contributed by atoms with Gasteiger partial charge in [-0.25, -0.2) is 0 Å². The summed E-state index contributed by atoms with van der Waals surface area (Å²) in [4.78, 5) is 46.4. The van der Waals surface area contributed by atoms with E-state index in [9.17, 15) is 14.4 Å². The second-order valence-electron chi connectivity index (χ2n) is 10.7. The first-order chi connectivity index (χ1) is 20.4. The highest BCUT2D eigenvalue weighted by Gasteiger charge is 2.72. The lowest BCUT2D eigenvalue weighted by molar-refractivity contribution is 0.0664. The van der Waals surface area contributed by atoms with Crippen LogP contribution in [0, 0.1) is 5.41 Å². The van der Waals surface area contributed by atoms with E-state index in [1.807, 2.05) is 47.4 Å². The molecule has 0 aromatic heterocycles. The van der Waals surface area contributed by atoms with Crippen molar-refractivity contribution in [3.63, 3.8) is 0 Å². The van der Waals surface area contributed by atoms with Gasteiger partial charge < -0.3 is 14.4 Å². The second kappa shape index (κ2) is 9.71. The zero-order valence-corrected chi connectivity index (χ0v) is 23.7. The van der Waals surface area contributed by atoms with E-state index in [-0.39, 0.29) is 17.3 Å². The Hall–Kier alpha value is -4.68. The molecule has 7 heteroatoms. The molecule has 0 radical (unpaired) electrons. The van der Waals surface area contributed by atoms with Crippen LogP contribution >= 0.6 is 11.6 Å². The van der Waals surface area contributed by atoms with Gasteiger partial charge in [-0.3, -0.25) is 14.4 Å². The van der Waals surface area contributed by atoms with Crippen molar-refractivity contribution in [2.24, 2.45) is 5.41 Å². The standard InChI is InChI=1S/C35H26ClNO5/c1-41-27-13-7-11-25(32(27)42-2)29-30(31(38)21-14-17-22(36)18-15-21)37-26-12-6-3-8-20(26)16-19-28(37)35(29)33(39)23-9-4-5-10-24(23)34(35)40/h3-19,28-30H,1-2H3/t28-,29-,30-/m1/s1. The number of ether oxygens (including phenoxy) is 2. The number of benzene rings is 4. The van der Waals surface area contributed by atoms with Gasteiger partial charge in [0.15, 0.2) is 28.8 Å². The van der Waals surface area contributed by atoms with Crippen LogP contribution in [0.3, 0.4) is 0 Å². The van der Waals surface area contributed by atoms with E-state index in [0.717, 1.165) is 11.3 Å². The van der Waals surface area contributed by atoms with Gasteiger partial charge >= 0.3 is 0 Å². The molecule has 2 aliphatic heterocycles. The molecule has 1 fully saturated rings. The molecular weight excluding hydrogens is 550 g/mol. The SMILES string of the molecule is COc1cccc([C@@H]2[C@H](C(=O)c3ccc(Cl)cc3)N3c4ccccc4C=C[C@@H]3C23C(=O)c2ccccc2C3=O)c1OC. The fourth-order valence-corrected chi connectivity index (χ4v) is 7.33. The summed E-state index contributed by atoms with van der Waals surface area (Å²) in [6.45, 7) is 0. The van der Waals surface area contributed by atoms with Crippen molar-refractivity contribution in [2.75, 3.05) is 19.1 Å². The third kappa shape index (κ3) is 3.42. The normalized spacial score (nSPS) is 21.2. The Morgan fingerprint density at radius 3 is 2.14 bits per heavy atom. The van der Waals surface area contributed by atoms with Gasteiger partial charge in [0.05, 0.1) is 20.3 Å². The number of ketones is 3. The highest BCUT2D eigenvalue weighted by atomic mass is 35.5. The van der Waals surface area contributed by atoms with Crippen LogP contribution in [0.4, 0.5) is 5.69 Å². The fourth-order valence-electron chi connectivity index (χ4n) is 7.20. The number of Topliss-reactive ketones (excluding diaryl/α,β-unsaturated/α-hetero) is 3. The Bertz CT molecular complexity index is 1780. The number of nitrogens with zero attached hydrogens (tertiary/aromatic N) is 1. The summed E-state index contributed by atoms with van der Waals surface area (Å²) in [5.41, 5.74) is 1.74. The lowest BCUT2D eigenvalue weighted by Crippen LogP contribution is -2.48. The van der Waals surface area contributed by atoms with Crippen LogP contribution in [0.1, 0.15) is 48.1 Å². The van der Waals surface area contributed by atoms with E-state index >= 15 is 0 Å². The molecular formula is C35H26ClNO5. The lowest BCUT2D eigenvalue weighted by Gasteiger charge is -2.37. The van der Waals surface area contributed by atoms with E-state index in [1.165, 1.54) is 14.2 Å². The third-order valence-corrected chi connectivity index (χ3v) is 9.13. The predicted molar refractivity (Wildman–Crippen MR) is 161 cm³/mol. The molecule has 42 heavy (non-hydrogen) atoms. The summed E-state index contributed by atoms with van der Waals surface area (Å²) in [6, 6.07) is 25.1. The van der Waals surface area contributed by atoms with Crippen molar-refractivity contribution in [2.45, 2.75) is 18.0 Å². The number of carbonyl (C=O) groups excluding carboxylic acids is 3. The molecule has 0 unspecified atom stereocenters. The number of hydrogen-bond acceptors (Lipinski definition) is 6. The van der Waals surface area contributed by atoms with Crippen LogP contribution in [0.15, 0.2) is 97.1 Å². The quantitative estimate of drug-likeness (QED) is 0.195. The number of rotatable bonds is 5. The minimum atomic E-state index is -1.64. The Morgan fingerprint density at radius 1 is 0.810 bits per heavy atom. The van der Waals surface area contributed by atoms with E-state index < -0.39 is 23.4 Å². The van der Waals surface area contributed by atoms with Gasteiger partial charge in [0.25, 0.3) is 0 Å². The van der Waals surface area contributed by atoms with Gasteiger partial charge in [-0.1, -0.05) is 78.4 Å². The molecule has 1 spiro atoms. The minimum absolute atomic E-state index is 0.231. The molecule has 6 nitrogen and oxygen atoms in total. The Morgan fingerprint density at radius 2 is 1.48 bits per heavy atom. The molecule has 7 rings (SSSR count). The summed E-state index contributed by atoms with van der Waals surface area (Å²) in [5.74, 6) is -0.929. The number of anilines is 1. The average molecular weight is 576 g/mol. The monoisotopic (exact) mass is 575 g/mol. The van der Waals surface area contributed by atoms with Crippen molar-refractivity contribution in [3.05, 3.63) is 130 Å². The number of halogens is 1. The maximum Gasteiger partial charge on any atom is 0.185 e. The Balaban J connectivity index is 1.58. The average Bonchev–Trinajstić information content (AvgIpc) is 3.46. The smallest absolute Gasteiger partial charge is 0.185 e. The van der Waals surface area contributed by atoms with Gasteiger partial charge in [-0.2, -0.15) is 0 Å². The largest absolute Gasteiger partial charge is 0.493 e. The van der Waals surface area contributed by atoms with Crippen molar-refractivity contribution in [1.82, 2.24) is 0 Å². The van der Waals surface area contributed by atoms with Crippen molar-refractivity contribution < 1.29 is 23.9 Å². The number of hydrogen-bond donors (Lipinski definition) is 0. The van der Waals surface area contributed by atoms with Crippen LogP contribution in [0.25, 0.3) is 6.08 Å². The van der Waals surface area contributed by atoms with Crippen LogP contribution in [0.2, 0.25) is 5.02 Å². The summed E-state index contributed by atoms with van der Waals surface area (Å²) < 4.78 is 11.5.